The minimum atomic E-state index is -1.03. The number of carbonyl (C=O) groups is 1. The molecule has 0 saturated carbocycles. The fourth-order valence-corrected chi connectivity index (χ4v) is 4.33. The van der Waals surface area contributed by atoms with Crippen molar-refractivity contribution in [2.75, 3.05) is 11.9 Å². The highest BCUT2D eigenvalue weighted by molar-refractivity contribution is 6.07. The molecule has 6 heteroatoms. The van der Waals surface area contributed by atoms with Gasteiger partial charge in [-0.1, -0.05) is 42.5 Å². The Hall–Kier alpha value is -4.45. The Morgan fingerprint density at radius 2 is 1.75 bits per heavy atom. The number of amides is 1. The van der Waals surface area contributed by atoms with Crippen LogP contribution >= 0.6 is 0 Å². The van der Waals surface area contributed by atoms with E-state index in [1.54, 1.807) is 13.2 Å². The van der Waals surface area contributed by atoms with Crippen LogP contribution in [0.2, 0.25) is 0 Å². The molecule has 4 aromatic carbocycles. The van der Waals surface area contributed by atoms with E-state index in [9.17, 15) is 13.6 Å². The number of carbonyl (C=O) groups excluding carboxylic acids is 1. The number of hydrogen-bond acceptors (Lipinski definition) is 3. The quantitative estimate of drug-likeness (QED) is 0.249. The number of furan rings is 1. The van der Waals surface area contributed by atoms with Crippen molar-refractivity contribution in [2.45, 2.75) is 13.8 Å². The first-order valence-corrected chi connectivity index (χ1v) is 11.6. The van der Waals surface area contributed by atoms with Crippen molar-refractivity contribution in [3.8, 4) is 16.9 Å². The Morgan fingerprint density at radius 3 is 2.56 bits per heavy atom. The predicted molar refractivity (Wildman–Crippen MR) is 139 cm³/mol. The molecule has 0 spiro atoms. The van der Waals surface area contributed by atoms with Crippen molar-refractivity contribution < 1.29 is 22.7 Å². The minimum Gasteiger partial charge on any atom is -0.493 e. The van der Waals surface area contributed by atoms with Crippen molar-refractivity contribution in [2.24, 2.45) is 0 Å². The zero-order valence-corrected chi connectivity index (χ0v) is 19.8. The van der Waals surface area contributed by atoms with Crippen molar-refractivity contribution >= 4 is 38.9 Å². The van der Waals surface area contributed by atoms with Crippen LogP contribution in [0.15, 0.2) is 89.6 Å². The van der Waals surface area contributed by atoms with Gasteiger partial charge in [-0.2, -0.15) is 0 Å². The summed E-state index contributed by atoms with van der Waals surface area (Å²) in [6.07, 6.45) is 3.14. The molecular formula is C30H23F2NO3. The molecule has 0 aliphatic rings. The van der Waals surface area contributed by atoms with Crippen molar-refractivity contribution in [3.63, 3.8) is 0 Å². The van der Waals surface area contributed by atoms with Crippen molar-refractivity contribution in [3.05, 3.63) is 102 Å². The summed E-state index contributed by atoms with van der Waals surface area (Å²) in [6.45, 7) is 4.11. The summed E-state index contributed by atoms with van der Waals surface area (Å²) in [6, 6.07) is 21.3. The minimum absolute atomic E-state index is 0.163. The molecule has 0 aliphatic carbocycles. The van der Waals surface area contributed by atoms with E-state index >= 15 is 0 Å². The summed E-state index contributed by atoms with van der Waals surface area (Å²) in [7, 11) is 0. The van der Waals surface area contributed by atoms with Gasteiger partial charge in [0.25, 0.3) is 0 Å². The average Bonchev–Trinajstić information content (AvgIpc) is 3.28. The lowest BCUT2D eigenvalue weighted by Gasteiger charge is -2.12. The monoisotopic (exact) mass is 483 g/mol. The highest BCUT2D eigenvalue weighted by atomic mass is 19.2. The number of rotatable bonds is 6. The third-order valence-corrected chi connectivity index (χ3v) is 6.01. The number of hydrogen-bond donors (Lipinski definition) is 1. The Morgan fingerprint density at radius 1 is 0.944 bits per heavy atom. The predicted octanol–water partition coefficient (Wildman–Crippen LogP) is 7.97. The number of benzene rings is 4. The van der Waals surface area contributed by atoms with Gasteiger partial charge in [0, 0.05) is 40.4 Å². The Balaban J connectivity index is 1.56. The molecule has 5 aromatic rings. The second-order valence-electron chi connectivity index (χ2n) is 8.40. The van der Waals surface area contributed by atoms with E-state index in [1.807, 2.05) is 37.3 Å². The zero-order chi connectivity index (χ0) is 25.2. The number of allylic oxidation sites excluding steroid dienone is 1. The molecule has 1 heterocycles. The van der Waals surface area contributed by atoms with Gasteiger partial charge in [-0.3, -0.25) is 4.79 Å². The second-order valence-corrected chi connectivity index (χ2v) is 8.40. The molecule has 1 amide bonds. The van der Waals surface area contributed by atoms with Crippen LogP contribution in [0.25, 0.3) is 38.4 Å². The van der Waals surface area contributed by atoms with Gasteiger partial charge in [0.15, 0.2) is 11.6 Å². The van der Waals surface area contributed by atoms with Crippen LogP contribution in [0, 0.1) is 11.6 Å². The van der Waals surface area contributed by atoms with Crippen LogP contribution < -0.4 is 10.1 Å². The summed E-state index contributed by atoms with van der Waals surface area (Å²) < 4.78 is 38.5. The summed E-state index contributed by atoms with van der Waals surface area (Å²) in [5.74, 6) is -1.89. The first-order chi connectivity index (χ1) is 17.4. The molecular weight excluding hydrogens is 460 g/mol. The molecule has 36 heavy (non-hydrogen) atoms. The molecule has 180 valence electrons. The first-order valence-electron chi connectivity index (χ1n) is 11.6. The SMILES string of the molecule is CCOc1cc2occ(-c3cccc4ccccc34)c2cc1/C(C)=C/C(=O)Nc1ccc(F)c(F)c1. The van der Waals surface area contributed by atoms with E-state index in [2.05, 4.69) is 29.6 Å². The molecule has 0 fully saturated rings. The van der Waals surface area contributed by atoms with E-state index in [4.69, 9.17) is 9.15 Å². The summed E-state index contributed by atoms with van der Waals surface area (Å²) in [5, 5.41) is 5.69. The van der Waals surface area contributed by atoms with Gasteiger partial charge in [-0.25, -0.2) is 8.78 Å². The molecule has 0 atom stereocenters. The molecule has 0 unspecified atom stereocenters. The summed E-state index contributed by atoms with van der Waals surface area (Å²) in [4.78, 5) is 12.6. The maximum absolute atomic E-state index is 13.5. The lowest BCUT2D eigenvalue weighted by Crippen LogP contribution is -2.09. The summed E-state index contributed by atoms with van der Waals surface area (Å²) >= 11 is 0. The standard InChI is InChI=1S/C30H23F2NO3/c1-3-35-28-16-29-24(25(17-36-29)22-10-6-8-19-7-4-5-9-21(19)22)15-23(28)18(2)13-30(34)33-20-11-12-26(31)27(32)14-20/h4-17H,3H2,1-2H3,(H,33,34)/b18-13+. The van der Waals surface area contributed by atoms with E-state index in [1.165, 1.54) is 12.1 Å². The normalized spacial score (nSPS) is 11.7. The van der Waals surface area contributed by atoms with Crippen LogP contribution in [0.1, 0.15) is 19.4 Å². The van der Waals surface area contributed by atoms with Gasteiger partial charge < -0.3 is 14.5 Å². The average molecular weight is 484 g/mol. The number of anilines is 1. The lowest BCUT2D eigenvalue weighted by molar-refractivity contribution is -0.111. The number of fused-ring (bicyclic) bond motifs is 2. The molecule has 1 N–H and O–H groups in total. The fraction of sp³-hybridized carbons (Fsp3) is 0.100. The van der Waals surface area contributed by atoms with Gasteiger partial charge in [0.1, 0.15) is 11.3 Å². The number of nitrogens with one attached hydrogen (secondary N) is 1. The fourth-order valence-electron chi connectivity index (χ4n) is 4.33. The Bertz CT molecular complexity index is 1630. The zero-order valence-electron chi connectivity index (χ0n) is 19.8. The van der Waals surface area contributed by atoms with Crippen LogP contribution in [-0.2, 0) is 4.79 Å². The van der Waals surface area contributed by atoms with Gasteiger partial charge in [0.05, 0.1) is 12.9 Å². The molecule has 0 bridgehead atoms. The van der Waals surface area contributed by atoms with Gasteiger partial charge in [0.2, 0.25) is 5.91 Å². The molecule has 5 rings (SSSR count). The molecule has 4 nitrogen and oxygen atoms in total. The lowest BCUT2D eigenvalue weighted by atomic mass is 9.96. The molecule has 0 radical (unpaired) electrons. The third kappa shape index (κ3) is 4.45. The molecule has 1 aromatic heterocycles. The van der Waals surface area contributed by atoms with Gasteiger partial charge in [-0.05, 0) is 54.0 Å². The first kappa shape index (κ1) is 23.3. The maximum atomic E-state index is 13.5. The van der Waals surface area contributed by atoms with Gasteiger partial charge >= 0.3 is 0 Å². The van der Waals surface area contributed by atoms with Gasteiger partial charge in [-0.15, -0.1) is 0 Å². The van der Waals surface area contributed by atoms with Crippen LogP contribution in [0.3, 0.4) is 0 Å². The van der Waals surface area contributed by atoms with E-state index in [-0.39, 0.29) is 5.69 Å². The van der Waals surface area contributed by atoms with Crippen molar-refractivity contribution in [1.29, 1.82) is 0 Å². The number of ether oxygens (including phenoxy) is 1. The van der Waals surface area contributed by atoms with E-state index in [0.717, 1.165) is 45.0 Å². The second kappa shape index (κ2) is 9.66. The largest absolute Gasteiger partial charge is 0.493 e. The maximum Gasteiger partial charge on any atom is 0.248 e. The Labute approximate surface area is 206 Å². The van der Waals surface area contributed by atoms with Crippen LogP contribution in [0.5, 0.6) is 5.75 Å². The highest BCUT2D eigenvalue weighted by Gasteiger charge is 2.17. The van der Waals surface area contributed by atoms with Crippen LogP contribution in [0.4, 0.5) is 14.5 Å². The topological polar surface area (TPSA) is 51.5 Å². The third-order valence-electron chi connectivity index (χ3n) is 6.01. The summed E-state index contributed by atoms with van der Waals surface area (Å²) in [5.41, 5.74) is 4.18. The van der Waals surface area contributed by atoms with Crippen LogP contribution in [-0.4, -0.2) is 12.5 Å². The Kier molecular flexibility index (Phi) is 6.25. The van der Waals surface area contributed by atoms with E-state index < -0.39 is 17.5 Å². The van der Waals surface area contributed by atoms with E-state index in [0.29, 0.717) is 23.5 Å². The number of halogens is 2. The van der Waals surface area contributed by atoms with Crippen molar-refractivity contribution in [1.82, 2.24) is 0 Å². The molecule has 0 saturated heterocycles. The smallest absolute Gasteiger partial charge is 0.248 e. The highest BCUT2D eigenvalue weighted by Crippen LogP contribution is 2.39. The molecule has 0 aliphatic heterocycles.